The van der Waals surface area contributed by atoms with E-state index in [1.165, 1.54) is 0 Å². The highest BCUT2D eigenvalue weighted by Crippen LogP contribution is 2.27. The number of benzene rings is 3. The fourth-order valence-electron chi connectivity index (χ4n) is 4.33. The van der Waals surface area contributed by atoms with Gasteiger partial charge in [-0.15, -0.1) is 0 Å². The lowest BCUT2D eigenvalue weighted by Gasteiger charge is -2.12. The number of anilines is 3. The normalized spacial score (nSPS) is 11.0. The molecule has 0 fully saturated rings. The van der Waals surface area contributed by atoms with Crippen molar-refractivity contribution in [1.82, 2.24) is 24.4 Å². The van der Waals surface area contributed by atoms with Crippen molar-refractivity contribution < 1.29 is 4.79 Å². The Balaban J connectivity index is 1.21. The molecule has 192 valence electrons. The van der Waals surface area contributed by atoms with Gasteiger partial charge in [-0.25, -0.2) is 9.50 Å². The van der Waals surface area contributed by atoms with E-state index in [0.29, 0.717) is 23.7 Å². The first-order valence-electron chi connectivity index (χ1n) is 12.5. The molecule has 0 saturated heterocycles. The zero-order valence-electron chi connectivity index (χ0n) is 21.2. The second kappa shape index (κ2) is 10.2. The number of hydrogen-bond acceptors (Lipinski definition) is 6. The van der Waals surface area contributed by atoms with Crippen LogP contribution in [0.15, 0.2) is 104 Å². The van der Waals surface area contributed by atoms with E-state index in [1.807, 2.05) is 68.0 Å². The van der Waals surface area contributed by atoms with Crippen LogP contribution in [0.4, 0.5) is 17.3 Å². The molecular formula is C30H26N8O. The molecule has 4 N–H and O–H groups in total. The van der Waals surface area contributed by atoms with Crippen LogP contribution in [0.1, 0.15) is 15.9 Å². The molecule has 9 nitrogen and oxygen atoms in total. The molecule has 0 radical (unpaired) electrons. The third-order valence-corrected chi connectivity index (χ3v) is 6.45. The Morgan fingerprint density at radius 1 is 0.846 bits per heavy atom. The molecule has 6 rings (SSSR count). The predicted molar refractivity (Wildman–Crippen MR) is 153 cm³/mol. The van der Waals surface area contributed by atoms with Gasteiger partial charge in [0, 0.05) is 47.9 Å². The maximum atomic E-state index is 12.6. The van der Waals surface area contributed by atoms with E-state index in [-0.39, 0.29) is 5.91 Å². The number of nitrogens with one attached hydrogen (secondary N) is 2. The van der Waals surface area contributed by atoms with Gasteiger partial charge in [-0.1, -0.05) is 36.4 Å². The number of nitrogens with zero attached hydrogens (tertiary/aromatic N) is 5. The number of rotatable bonds is 7. The lowest BCUT2D eigenvalue weighted by atomic mass is 10.1. The van der Waals surface area contributed by atoms with E-state index < -0.39 is 0 Å². The first-order valence-corrected chi connectivity index (χ1v) is 12.5. The zero-order valence-corrected chi connectivity index (χ0v) is 21.2. The van der Waals surface area contributed by atoms with Crippen molar-refractivity contribution in [3.8, 4) is 22.4 Å². The number of nitrogens with two attached hydrogens (primary N) is 1. The van der Waals surface area contributed by atoms with Crippen LogP contribution in [0.3, 0.4) is 0 Å². The van der Waals surface area contributed by atoms with Crippen molar-refractivity contribution in [3.63, 3.8) is 0 Å². The summed E-state index contributed by atoms with van der Waals surface area (Å²) in [6.07, 6.45) is 5.59. The van der Waals surface area contributed by atoms with Crippen LogP contribution in [0.25, 0.3) is 27.9 Å². The average Bonchev–Trinajstić information content (AvgIpc) is 3.63. The molecule has 3 aromatic heterocycles. The molecule has 0 bridgehead atoms. The predicted octanol–water partition coefficient (Wildman–Crippen LogP) is 5.25. The number of aromatic nitrogens is 5. The SMILES string of the molecule is Cn1cc(-c2ccc(-c3cc4ccnn4c(Nc4ccc(NC(=O)c5ccc(CN)cc5)cc4)n3)cc2)cn1. The smallest absolute Gasteiger partial charge is 0.255 e. The summed E-state index contributed by atoms with van der Waals surface area (Å²) in [5, 5.41) is 15.0. The molecule has 0 aliphatic heterocycles. The van der Waals surface area contributed by atoms with Gasteiger partial charge in [-0.3, -0.25) is 9.48 Å². The number of carbonyl (C=O) groups is 1. The van der Waals surface area contributed by atoms with E-state index in [9.17, 15) is 4.79 Å². The van der Waals surface area contributed by atoms with Crippen LogP contribution >= 0.6 is 0 Å². The third kappa shape index (κ3) is 5.11. The van der Waals surface area contributed by atoms with E-state index in [4.69, 9.17) is 10.7 Å². The molecule has 3 aromatic carbocycles. The molecule has 0 atom stereocenters. The van der Waals surface area contributed by atoms with Gasteiger partial charge >= 0.3 is 0 Å². The minimum Gasteiger partial charge on any atom is -0.326 e. The van der Waals surface area contributed by atoms with Gasteiger partial charge in [0.2, 0.25) is 5.95 Å². The van der Waals surface area contributed by atoms with Gasteiger partial charge in [-0.2, -0.15) is 10.2 Å². The number of aryl methyl sites for hydroxylation is 1. The van der Waals surface area contributed by atoms with Crippen LogP contribution in [0.5, 0.6) is 0 Å². The number of fused-ring (bicyclic) bond motifs is 1. The number of carbonyl (C=O) groups excluding carboxylic acids is 1. The molecule has 6 aromatic rings. The van der Waals surface area contributed by atoms with Crippen LogP contribution in [0.2, 0.25) is 0 Å². The van der Waals surface area contributed by atoms with E-state index >= 15 is 0 Å². The summed E-state index contributed by atoms with van der Waals surface area (Å²) >= 11 is 0. The van der Waals surface area contributed by atoms with Crippen LogP contribution in [0, 0.1) is 0 Å². The van der Waals surface area contributed by atoms with Crippen molar-refractivity contribution in [3.05, 3.63) is 115 Å². The monoisotopic (exact) mass is 514 g/mol. The standard InChI is InChI=1S/C30H26N8O/c1-37-19-24(18-33-37)21-6-8-22(9-7-21)28-16-27-14-15-32-38(27)30(36-28)35-26-12-10-25(11-13-26)34-29(39)23-4-2-20(17-31)3-5-23/h2-16,18-19H,17,31H2,1H3,(H,34,39)(H,35,36). The Bertz CT molecular complexity index is 1750. The molecule has 0 spiro atoms. The Morgan fingerprint density at radius 3 is 2.26 bits per heavy atom. The minimum absolute atomic E-state index is 0.179. The molecule has 0 aliphatic rings. The highest BCUT2D eigenvalue weighted by molar-refractivity contribution is 6.04. The Hall–Kier alpha value is -5.28. The van der Waals surface area contributed by atoms with E-state index in [2.05, 4.69) is 45.1 Å². The average molecular weight is 515 g/mol. The van der Waals surface area contributed by atoms with Gasteiger partial charge in [-0.05, 0) is 59.7 Å². The van der Waals surface area contributed by atoms with Gasteiger partial charge < -0.3 is 16.4 Å². The van der Waals surface area contributed by atoms with Crippen molar-refractivity contribution >= 4 is 28.7 Å². The first kappa shape index (κ1) is 24.1. The summed E-state index contributed by atoms with van der Waals surface area (Å²) < 4.78 is 3.55. The topological polar surface area (TPSA) is 115 Å². The quantitative estimate of drug-likeness (QED) is 0.268. The van der Waals surface area contributed by atoms with Crippen LogP contribution in [-0.2, 0) is 13.6 Å². The number of amides is 1. The number of hydrogen-bond donors (Lipinski definition) is 3. The summed E-state index contributed by atoms with van der Waals surface area (Å²) in [7, 11) is 1.91. The summed E-state index contributed by atoms with van der Waals surface area (Å²) in [6.45, 7) is 0.442. The molecule has 3 heterocycles. The molecule has 39 heavy (non-hydrogen) atoms. The van der Waals surface area contributed by atoms with Gasteiger partial charge in [0.25, 0.3) is 5.91 Å². The maximum absolute atomic E-state index is 12.6. The van der Waals surface area contributed by atoms with Crippen molar-refractivity contribution in [2.75, 3.05) is 10.6 Å². The van der Waals surface area contributed by atoms with Crippen LogP contribution < -0.4 is 16.4 Å². The molecule has 0 aliphatic carbocycles. The molecule has 9 heteroatoms. The summed E-state index contributed by atoms with van der Waals surface area (Å²) in [5.41, 5.74) is 13.6. The highest BCUT2D eigenvalue weighted by atomic mass is 16.1. The first-order chi connectivity index (χ1) is 19.1. The molecule has 1 amide bonds. The van der Waals surface area contributed by atoms with Gasteiger partial charge in [0.05, 0.1) is 23.6 Å². The van der Waals surface area contributed by atoms with Crippen LogP contribution in [-0.4, -0.2) is 30.3 Å². The lowest BCUT2D eigenvalue weighted by Crippen LogP contribution is -2.12. The molecular weight excluding hydrogens is 488 g/mol. The summed E-state index contributed by atoms with van der Waals surface area (Å²) in [5.74, 6) is 0.405. The van der Waals surface area contributed by atoms with Crippen molar-refractivity contribution in [1.29, 1.82) is 0 Å². The van der Waals surface area contributed by atoms with Gasteiger partial charge in [0.1, 0.15) is 0 Å². The van der Waals surface area contributed by atoms with E-state index in [1.54, 1.807) is 27.5 Å². The zero-order chi connectivity index (χ0) is 26.8. The van der Waals surface area contributed by atoms with Gasteiger partial charge in [0.15, 0.2) is 0 Å². The largest absolute Gasteiger partial charge is 0.326 e. The second-order valence-corrected chi connectivity index (χ2v) is 9.17. The minimum atomic E-state index is -0.179. The van der Waals surface area contributed by atoms with Crippen molar-refractivity contribution in [2.24, 2.45) is 12.8 Å². The maximum Gasteiger partial charge on any atom is 0.255 e. The Kier molecular flexibility index (Phi) is 6.32. The third-order valence-electron chi connectivity index (χ3n) is 6.45. The van der Waals surface area contributed by atoms with Crippen molar-refractivity contribution in [2.45, 2.75) is 6.54 Å². The summed E-state index contributed by atoms with van der Waals surface area (Å²) in [6, 6.07) is 26.9. The fraction of sp³-hybridized carbons (Fsp3) is 0.0667. The summed E-state index contributed by atoms with van der Waals surface area (Å²) in [4.78, 5) is 17.5. The Labute approximate surface area is 224 Å². The molecule has 0 saturated carbocycles. The highest BCUT2D eigenvalue weighted by Gasteiger charge is 2.11. The lowest BCUT2D eigenvalue weighted by molar-refractivity contribution is 0.102. The Morgan fingerprint density at radius 2 is 1.56 bits per heavy atom. The van der Waals surface area contributed by atoms with E-state index in [0.717, 1.165) is 39.2 Å². The second-order valence-electron chi connectivity index (χ2n) is 9.17. The fourth-order valence-corrected chi connectivity index (χ4v) is 4.33. The molecule has 0 unspecified atom stereocenters.